The first-order chi connectivity index (χ1) is 16.1. The van der Waals surface area contributed by atoms with Gasteiger partial charge in [-0.3, -0.25) is 9.69 Å². The van der Waals surface area contributed by atoms with Gasteiger partial charge in [0.25, 0.3) is 5.91 Å². The number of aromatic nitrogens is 2. The van der Waals surface area contributed by atoms with Crippen molar-refractivity contribution in [3.05, 3.63) is 41.0 Å². The van der Waals surface area contributed by atoms with Gasteiger partial charge in [-0.25, -0.2) is 4.68 Å². The van der Waals surface area contributed by atoms with Crippen LogP contribution in [0.5, 0.6) is 5.88 Å². The van der Waals surface area contributed by atoms with Crippen molar-refractivity contribution in [3.8, 4) is 11.6 Å². The fourth-order valence-electron chi connectivity index (χ4n) is 7.08. The number of ether oxygens (including phenoxy) is 1. The number of nitrogens with one attached hydrogen (secondary N) is 1. The van der Waals surface area contributed by atoms with Crippen molar-refractivity contribution in [3.63, 3.8) is 0 Å². The van der Waals surface area contributed by atoms with Crippen LogP contribution in [0.3, 0.4) is 0 Å². The van der Waals surface area contributed by atoms with E-state index in [0.717, 1.165) is 24.1 Å². The van der Waals surface area contributed by atoms with Gasteiger partial charge in [0.1, 0.15) is 12.3 Å². The molecule has 1 saturated heterocycles. The van der Waals surface area contributed by atoms with Crippen LogP contribution in [0.4, 0.5) is 0 Å². The molecule has 4 bridgehead atoms. The van der Waals surface area contributed by atoms with E-state index < -0.39 is 0 Å². The molecular formula is C26H33ClN4O2. The highest BCUT2D eigenvalue weighted by molar-refractivity contribution is 6.30. The first-order valence-electron chi connectivity index (χ1n) is 12.6. The average Bonchev–Trinajstić information content (AvgIpc) is 3.43. The molecule has 0 spiro atoms. The molecule has 5 aliphatic rings. The minimum atomic E-state index is -0.0575. The van der Waals surface area contributed by atoms with Gasteiger partial charge < -0.3 is 10.1 Å². The van der Waals surface area contributed by atoms with Crippen LogP contribution in [0.1, 0.15) is 62.2 Å². The molecule has 6 unspecified atom stereocenters. The molecule has 7 rings (SSSR count). The largest absolute Gasteiger partial charge is 0.461 e. The standard InChI is InChI=1S/C26H33ClN4O2/c1-16-4-2-3-9-30(16)15-33-26-23(14-28-31(26)21-7-5-20(27)6-8-21)25(32)29-24-19-11-17-10-18(13-19)22(24)12-17/h5-8,14,16-19,22,24H,2-4,9-13,15H2,1H3,(H,29,32). The van der Waals surface area contributed by atoms with Crippen molar-refractivity contribution in [2.24, 2.45) is 23.7 Å². The predicted octanol–water partition coefficient (Wildman–Crippen LogP) is 4.90. The number of halogens is 1. The summed E-state index contributed by atoms with van der Waals surface area (Å²) in [6.07, 6.45) is 10.5. The predicted molar refractivity (Wildman–Crippen MR) is 128 cm³/mol. The molecular weight excluding hydrogens is 436 g/mol. The summed E-state index contributed by atoms with van der Waals surface area (Å²) in [5.41, 5.74) is 1.35. The van der Waals surface area contributed by atoms with Gasteiger partial charge in [-0.05, 0) is 93.4 Å². The van der Waals surface area contributed by atoms with Crippen molar-refractivity contribution in [2.75, 3.05) is 13.3 Å². The van der Waals surface area contributed by atoms with Crippen LogP contribution in [0.15, 0.2) is 30.5 Å². The fraction of sp³-hybridized carbons (Fsp3) is 0.615. The lowest BCUT2D eigenvalue weighted by molar-refractivity contribution is 0.0605. The van der Waals surface area contributed by atoms with Crippen LogP contribution in [-0.4, -0.2) is 45.9 Å². The van der Waals surface area contributed by atoms with Crippen molar-refractivity contribution >= 4 is 17.5 Å². The molecule has 1 N–H and O–H groups in total. The fourth-order valence-corrected chi connectivity index (χ4v) is 7.21. The molecule has 0 radical (unpaired) electrons. The van der Waals surface area contributed by atoms with E-state index in [-0.39, 0.29) is 5.91 Å². The zero-order valence-corrected chi connectivity index (χ0v) is 20.0. The number of hydrogen-bond donors (Lipinski definition) is 1. The summed E-state index contributed by atoms with van der Waals surface area (Å²) in [4.78, 5) is 15.9. The van der Waals surface area contributed by atoms with Gasteiger partial charge in [0.15, 0.2) is 0 Å². The van der Waals surface area contributed by atoms with E-state index in [0.29, 0.717) is 47.1 Å². The minimum absolute atomic E-state index is 0.0575. The van der Waals surface area contributed by atoms with E-state index in [1.54, 1.807) is 10.9 Å². The third-order valence-electron chi connectivity index (χ3n) is 8.70. The van der Waals surface area contributed by atoms with E-state index in [1.165, 1.54) is 44.9 Å². The minimum Gasteiger partial charge on any atom is -0.461 e. The zero-order chi connectivity index (χ0) is 22.5. The average molecular weight is 469 g/mol. The van der Waals surface area contributed by atoms with Gasteiger partial charge >= 0.3 is 0 Å². The summed E-state index contributed by atoms with van der Waals surface area (Å²) in [6, 6.07) is 8.26. The number of hydrogen-bond acceptors (Lipinski definition) is 4. The Bertz CT molecular complexity index is 1020. The molecule has 2 aromatic rings. The zero-order valence-electron chi connectivity index (χ0n) is 19.3. The topological polar surface area (TPSA) is 59.4 Å². The molecule has 4 aliphatic carbocycles. The molecule has 4 saturated carbocycles. The Morgan fingerprint density at radius 3 is 2.76 bits per heavy atom. The van der Waals surface area contributed by atoms with Gasteiger partial charge in [-0.15, -0.1) is 0 Å². The lowest BCUT2D eigenvalue weighted by Crippen LogP contribution is -2.44. The maximum atomic E-state index is 13.5. The summed E-state index contributed by atoms with van der Waals surface area (Å²) in [5.74, 6) is 3.46. The molecule has 1 aliphatic heterocycles. The highest BCUT2D eigenvalue weighted by Gasteiger charge is 2.54. The van der Waals surface area contributed by atoms with Crippen LogP contribution in [0, 0.1) is 23.7 Å². The van der Waals surface area contributed by atoms with Crippen molar-refractivity contribution in [1.29, 1.82) is 0 Å². The summed E-state index contributed by atoms with van der Waals surface area (Å²) < 4.78 is 8.07. The second-order valence-corrected chi connectivity index (χ2v) is 11.1. The van der Waals surface area contributed by atoms with E-state index >= 15 is 0 Å². The first kappa shape index (κ1) is 21.5. The molecule has 2 heterocycles. The van der Waals surface area contributed by atoms with E-state index in [2.05, 4.69) is 22.2 Å². The second kappa shape index (κ2) is 8.62. The van der Waals surface area contributed by atoms with Crippen LogP contribution >= 0.6 is 11.6 Å². The normalized spacial score (nSPS) is 32.9. The van der Waals surface area contributed by atoms with Crippen LogP contribution in [-0.2, 0) is 0 Å². The van der Waals surface area contributed by atoms with Gasteiger partial charge in [-0.1, -0.05) is 18.0 Å². The van der Waals surface area contributed by atoms with Gasteiger partial charge in [0.05, 0.1) is 11.9 Å². The van der Waals surface area contributed by atoms with E-state index in [1.807, 2.05) is 24.3 Å². The summed E-state index contributed by atoms with van der Waals surface area (Å²) in [7, 11) is 0. The highest BCUT2D eigenvalue weighted by Crippen LogP contribution is 2.58. The van der Waals surface area contributed by atoms with Gasteiger partial charge in [0.2, 0.25) is 5.88 Å². The maximum Gasteiger partial charge on any atom is 0.258 e. The Morgan fingerprint density at radius 2 is 1.97 bits per heavy atom. The van der Waals surface area contributed by atoms with Crippen molar-refractivity contribution < 1.29 is 9.53 Å². The number of carbonyl (C=O) groups is 1. The Balaban J connectivity index is 1.25. The number of benzene rings is 1. The Labute approximate surface area is 200 Å². The SMILES string of the molecule is CC1CCCCN1COc1c(C(=O)NC2C3CC4CC(C3)C2C4)cnn1-c1ccc(Cl)cc1. The Hall–Kier alpha value is -2.05. The number of nitrogens with zero attached hydrogens (tertiary/aromatic N) is 3. The van der Waals surface area contributed by atoms with Gasteiger partial charge in [0, 0.05) is 23.7 Å². The number of amides is 1. The summed E-state index contributed by atoms with van der Waals surface area (Å²) in [5, 5.41) is 8.63. The van der Waals surface area contributed by atoms with Crippen LogP contribution < -0.4 is 10.1 Å². The molecule has 1 aromatic heterocycles. The number of piperidine rings is 1. The Morgan fingerprint density at radius 1 is 1.15 bits per heavy atom. The van der Waals surface area contributed by atoms with E-state index in [4.69, 9.17) is 16.3 Å². The van der Waals surface area contributed by atoms with Crippen molar-refractivity contribution in [1.82, 2.24) is 20.0 Å². The number of rotatable bonds is 6. The van der Waals surface area contributed by atoms with E-state index in [9.17, 15) is 4.79 Å². The molecule has 5 fully saturated rings. The van der Waals surface area contributed by atoms with Crippen LogP contribution in [0.25, 0.3) is 5.69 Å². The molecule has 1 aromatic carbocycles. The monoisotopic (exact) mass is 468 g/mol. The number of likely N-dealkylation sites (tertiary alicyclic amines) is 1. The molecule has 6 nitrogen and oxygen atoms in total. The lowest BCUT2D eigenvalue weighted by atomic mass is 9.79. The number of carbonyl (C=O) groups excluding carboxylic acids is 1. The summed E-state index contributed by atoms with van der Waals surface area (Å²) in [6.45, 7) is 3.72. The van der Waals surface area contributed by atoms with Crippen molar-refractivity contribution in [2.45, 2.75) is 64.0 Å². The summed E-state index contributed by atoms with van der Waals surface area (Å²) >= 11 is 6.10. The first-order valence-corrected chi connectivity index (χ1v) is 13.0. The smallest absolute Gasteiger partial charge is 0.258 e. The quantitative estimate of drug-likeness (QED) is 0.655. The third-order valence-corrected chi connectivity index (χ3v) is 8.96. The van der Waals surface area contributed by atoms with Crippen LogP contribution in [0.2, 0.25) is 5.02 Å². The molecule has 33 heavy (non-hydrogen) atoms. The van der Waals surface area contributed by atoms with Gasteiger partial charge in [-0.2, -0.15) is 5.10 Å². The Kier molecular flexibility index (Phi) is 5.61. The lowest BCUT2D eigenvalue weighted by Gasteiger charge is -2.33. The molecule has 1 amide bonds. The molecule has 7 heteroatoms. The highest BCUT2D eigenvalue weighted by atomic mass is 35.5. The maximum absolute atomic E-state index is 13.5. The second-order valence-electron chi connectivity index (χ2n) is 10.7. The third kappa shape index (κ3) is 3.95. The molecule has 176 valence electrons. The molecule has 6 atom stereocenters.